The number of methoxy groups -OCH3 is 1. The second kappa shape index (κ2) is 4.53. The zero-order valence-corrected chi connectivity index (χ0v) is 9.79. The number of esters is 1. The first-order valence-electron chi connectivity index (χ1n) is 5.38. The molecule has 1 fully saturated rings. The highest BCUT2D eigenvalue weighted by molar-refractivity contribution is 5.87. The number of likely N-dealkylation sites (tertiary alicyclic amines) is 1. The summed E-state index contributed by atoms with van der Waals surface area (Å²) in [7, 11) is 3.04. The molecule has 0 saturated carbocycles. The summed E-state index contributed by atoms with van der Waals surface area (Å²) in [5.74, 6) is -0.840. The van der Waals surface area contributed by atoms with Crippen LogP contribution in [0, 0.1) is 5.92 Å². The Labute approximate surface area is 99.4 Å². The predicted molar refractivity (Wildman–Crippen MR) is 59.9 cm³/mol. The van der Waals surface area contributed by atoms with Gasteiger partial charge in [-0.2, -0.15) is 0 Å². The van der Waals surface area contributed by atoms with E-state index in [0.29, 0.717) is 0 Å². The van der Waals surface area contributed by atoms with Crippen LogP contribution in [-0.2, 0) is 14.3 Å². The fourth-order valence-electron chi connectivity index (χ4n) is 2.24. The first kappa shape index (κ1) is 11.6. The van der Waals surface area contributed by atoms with Crippen LogP contribution in [0.15, 0.2) is 24.5 Å². The molecule has 0 radical (unpaired) electrons. The van der Waals surface area contributed by atoms with Crippen LogP contribution in [-0.4, -0.2) is 35.9 Å². The van der Waals surface area contributed by atoms with Gasteiger partial charge in [0, 0.05) is 25.9 Å². The number of rotatable bonds is 2. The maximum Gasteiger partial charge on any atom is 0.311 e. The molecule has 2 rings (SSSR count). The van der Waals surface area contributed by atoms with E-state index in [4.69, 9.17) is 4.74 Å². The molecule has 1 aliphatic heterocycles. The van der Waals surface area contributed by atoms with Crippen LogP contribution in [0.5, 0.6) is 0 Å². The SMILES string of the molecule is COC(=O)[C@H]1CC(=O)N(C)[C@@H]1c1cccnc1. The number of carbonyl (C=O) groups excluding carboxylic acids is 2. The lowest BCUT2D eigenvalue weighted by atomic mass is 9.95. The van der Waals surface area contributed by atoms with Crippen LogP contribution in [0.2, 0.25) is 0 Å². The number of hydrogen-bond donors (Lipinski definition) is 0. The van der Waals surface area contributed by atoms with E-state index in [1.54, 1.807) is 30.4 Å². The highest BCUT2D eigenvalue weighted by Crippen LogP contribution is 2.37. The standard InChI is InChI=1S/C12H14N2O3/c1-14-10(15)6-9(12(16)17-2)11(14)8-4-3-5-13-7-8/h3-5,7,9,11H,6H2,1-2H3/t9-,11+/m0/s1. The van der Waals surface area contributed by atoms with Crippen molar-refractivity contribution in [2.75, 3.05) is 14.2 Å². The minimum absolute atomic E-state index is 0.0470. The number of amides is 1. The molecule has 0 N–H and O–H groups in total. The van der Waals surface area contributed by atoms with E-state index >= 15 is 0 Å². The van der Waals surface area contributed by atoms with Gasteiger partial charge < -0.3 is 9.64 Å². The average molecular weight is 234 g/mol. The Morgan fingerprint density at radius 1 is 1.59 bits per heavy atom. The Hall–Kier alpha value is -1.91. The number of nitrogens with zero attached hydrogens (tertiary/aromatic N) is 2. The van der Waals surface area contributed by atoms with Gasteiger partial charge in [-0.15, -0.1) is 0 Å². The monoisotopic (exact) mass is 234 g/mol. The van der Waals surface area contributed by atoms with Crippen molar-refractivity contribution in [2.24, 2.45) is 5.92 Å². The van der Waals surface area contributed by atoms with Crippen molar-refractivity contribution in [1.82, 2.24) is 9.88 Å². The molecule has 0 unspecified atom stereocenters. The lowest BCUT2D eigenvalue weighted by Gasteiger charge is -2.23. The van der Waals surface area contributed by atoms with Crippen LogP contribution >= 0.6 is 0 Å². The summed E-state index contributed by atoms with van der Waals surface area (Å²) >= 11 is 0. The first-order chi connectivity index (χ1) is 8.15. The van der Waals surface area contributed by atoms with Gasteiger partial charge in [0.1, 0.15) is 0 Å². The Morgan fingerprint density at radius 3 is 2.94 bits per heavy atom. The summed E-state index contributed by atoms with van der Waals surface area (Å²) < 4.78 is 4.74. The summed E-state index contributed by atoms with van der Waals surface area (Å²) in [6.07, 6.45) is 3.53. The summed E-state index contributed by atoms with van der Waals surface area (Å²) in [6, 6.07) is 3.38. The van der Waals surface area contributed by atoms with Gasteiger partial charge in [0.05, 0.1) is 19.1 Å². The topological polar surface area (TPSA) is 59.5 Å². The zero-order valence-electron chi connectivity index (χ0n) is 9.79. The number of carbonyl (C=O) groups is 2. The van der Waals surface area contributed by atoms with Gasteiger partial charge in [0.2, 0.25) is 5.91 Å². The molecule has 0 aromatic carbocycles. The van der Waals surface area contributed by atoms with Gasteiger partial charge in [-0.1, -0.05) is 6.07 Å². The van der Waals surface area contributed by atoms with E-state index in [1.807, 2.05) is 6.07 Å². The Morgan fingerprint density at radius 2 is 2.35 bits per heavy atom. The van der Waals surface area contributed by atoms with E-state index in [-0.39, 0.29) is 24.3 Å². The fraction of sp³-hybridized carbons (Fsp3) is 0.417. The number of aromatic nitrogens is 1. The molecule has 5 nitrogen and oxygen atoms in total. The Bertz CT molecular complexity index is 433. The largest absolute Gasteiger partial charge is 0.469 e. The summed E-state index contributed by atoms with van der Waals surface area (Å²) in [4.78, 5) is 29.0. The third kappa shape index (κ3) is 2.00. The molecule has 0 spiro atoms. The minimum Gasteiger partial charge on any atom is -0.469 e. The van der Waals surface area contributed by atoms with Crippen LogP contribution in [0.3, 0.4) is 0 Å². The molecule has 1 aromatic rings. The van der Waals surface area contributed by atoms with Crippen LogP contribution < -0.4 is 0 Å². The van der Waals surface area contributed by atoms with Crippen molar-refractivity contribution in [3.05, 3.63) is 30.1 Å². The normalized spacial score (nSPS) is 23.9. The van der Waals surface area contributed by atoms with E-state index in [0.717, 1.165) is 5.56 Å². The average Bonchev–Trinajstić information content (AvgIpc) is 2.66. The maximum atomic E-state index is 11.7. The molecular formula is C12H14N2O3. The molecule has 1 aromatic heterocycles. The molecule has 90 valence electrons. The van der Waals surface area contributed by atoms with Gasteiger partial charge in [0.15, 0.2) is 0 Å². The molecule has 1 aliphatic rings. The second-order valence-electron chi connectivity index (χ2n) is 4.07. The van der Waals surface area contributed by atoms with Gasteiger partial charge in [0.25, 0.3) is 0 Å². The highest BCUT2D eigenvalue weighted by atomic mass is 16.5. The molecule has 2 atom stereocenters. The number of ether oxygens (including phenoxy) is 1. The fourth-order valence-corrected chi connectivity index (χ4v) is 2.24. The lowest BCUT2D eigenvalue weighted by molar-refractivity contribution is -0.146. The molecule has 5 heteroatoms. The van der Waals surface area contributed by atoms with E-state index in [1.165, 1.54) is 7.11 Å². The van der Waals surface area contributed by atoms with Crippen molar-refractivity contribution < 1.29 is 14.3 Å². The molecule has 1 saturated heterocycles. The van der Waals surface area contributed by atoms with Crippen LogP contribution in [0.1, 0.15) is 18.0 Å². The van der Waals surface area contributed by atoms with Crippen molar-refractivity contribution in [2.45, 2.75) is 12.5 Å². The highest BCUT2D eigenvalue weighted by Gasteiger charge is 2.43. The third-order valence-corrected chi connectivity index (χ3v) is 3.12. The van der Waals surface area contributed by atoms with Crippen molar-refractivity contribution in [3.63, 3.8) is 0 Å². The second-order valence-corrected chi connectivity index (χ2v) is 4.07. The number of hydrogen-bond acceptors (Lipinski definition) is 4. The zero-order chi connectivity index (χ0) is 12.4. The Balaban J connectivity index is 2.34. The quantitative estimate of drug-likeness (QED) is 0.709. The van der Waals surface area contributed by atoms with Gasteiger partial charge in [-0.3, -0.25) is 14.6 Å². The van der Waals surface area contributed by atoms with Gasteiger partial charge in [-0.05, 0) is 11.6 Å². The Kier molecular flexibility index (Phi) is 3.08. The third-order valence-electron chi connectivity index (χ3n) is 3.12. The van der Waals surface area contributed by atoms with Crippen molar-refractivity contribution >= 4 is 11.9 Å². The lowest BCUT2D eigenvalue weighted by Crippen LogP contribution is -2.27. The van der Waals surface area contributed by atoms with E-state index in [2.05, 4.69) is 4.98 Å². The molecule has 2 heterocycles. The molecule has 17 heavy (non-hydrogen) atoms. The first-order valence-corrected chi connectivity index (χ1v) is 5.38. The van der Waals surface area contributed by atoms with E-state index in [9.17, 15) is 9.59 Å². The summed E-state index contributed by atoms with van der Waals surface area (Å²) in [6.45, 7) is 0. The van der Waals surface area contributed by atoms with Gasteiger partial charge in [-0.25, -0.2) is 0 Å². The van der Waals surface area contributed by atoms with E-state index < -0.39 is 5.92 Å². The van der Waals surface area contributed by atoms with Crippen molar-refractivity contribution in [3.8, 4) is 0 Å². The smallest absolute Gasteiger partial charge is 0.311 e. The van der Waals surface area contributed by atoms with Crippen molar-refractivity contribution in [1.29, 1.82) is 0 Å². The summed E-state index contributed by atoms with van der Waals surface area (Å²) in [5.41, 5.74) is 0.858. The van der Waals surface area contributed by atoms with Crippen LogP contribution in [0.25, 0.3) is 0 Å². The number of pyridine rings is 1. The molecule has 1 amide bonds. The summed E-state index contributed by atoms with van der Waals surface area (Å²) in [5, 5.41) is 0. The maximum absolute atomic E-state index is 11.7. The molecule has 0 bridgehead atoms. The van der Waals surface area contributed by atoms with Crippen LogP contribution in [0.4, 0.5) is 0 Å². The molecule has 0 aliphatic carbocycles. The molecular weight excluding hydrogens is 220 g/mol. The minimum atomic E-state index is -0.443. The predicted octanol–water partition coefficient (Wildman–Crippen LogP) is 0.774. The van der Waals surface area contributed by atoms with Gasteiger partial charge >= 0.3 is 5.97 Å².